The molecule has 14 nitrogen and oxygen atoms in total. The number of fused-ring (bicyclic) bond motifs is 3. The summed E-state index contributed by atoms with van der Waals surface area (Å²) < 4.78 is 11.9. The van der Waals surface area contributed by atoms with Crippen LogP contribution in [-0.2, 0) is 35.9 Å². The van der Waals surface area contributed by atoms with Gasteiger partial charge in [0.2, 0.25) is 5.91 Å². The summed E-state index contributed by atoms with van der Waals surface area (Å²) in [7, 11) is 0. The Morgan fingerprint density at radius 2 is 1.51 bits per heavy atom. The minimum absolute atomic E-state index is 0.00415. The zero-order valence-corrected chi connectivity index (χ0v) is 31.1. The predicted molar refractivity (Wildman–Crippen MR) is 210 cm³/mol. The Morgan fingerprint density at radius 1 is 0.847 bits per heavy atom. The Kier molecular flexibility index (Phi) is 10.1. The second-order valence-corrected chi connectivity index (χ2v) is 14.3. The van der Waals surface area contributed by atoms with Crippen LogP contribution < -0.4 is 4.90 Å². The van der Waals surface area contributed by atoms with Crippen LogP contribution in [0.5, 0.6) is 5.75 Å². The van der Waals surface area contributed by atoms with Crippen LogP contribution in [0.25, 0.3) is 0 Å². The maximum Gasteiger partial charge on any atom is 0.421 e. The molecule has 6 atom stereocenters. The normalized spacial score (nSPS) is 23.1. The molecule has 0 bridgehead atoms. The second kappa shape index (κ2) is 15.5. The van der Waals surface area contributed by atoms with Crippen molar-refractivity contribution in [2.45, 2.75) is 42.7 Å². The number of hydrogen-bond acceptors (Lipinski definition) is 11. The molecule has 14 heteroatoms. The third kappa shape index (κ3) is 6.52. The molecule has 0 aliphatic carbocycles. The van der Waals surface area contributed by atoms with Gasteiger partial charge in [-0.3, -0.25) is 29.4 Å². The maximum atomic E-state index is 15.7. The van der Waals surface area contributed by atoms with Crippen molar-refractivity contribution in [3.05, 3.63) is 171 Å². The number of carbonyl (C=O) groups is 4. The van der Waals surface area contributed by atoms with Crippen molar-refractivity contribution in [2.24, 2.45) is 5.92 Å². The highest BCUT2D eigenvalue weighted by Gasteiger charge is 2.76. The SMILES string of the molecule is O=C1O[C@H](c2ccccc2)[C@H](c2ccccc2)N2[C@H]1[C@@H](C(=O)O)[C@]1(C(=O)N(C(=O)OCc3ccc([N+](=O)[O-])cc3)c3ccc(C#CCCO)cc31)[C@H]2c1ccc(O)cc1. The third-order valence-electron chi connectivity index (χ3n) is 11.1. The molecule has 3 aliphatic rings. The van der Waals surface area contributed by atoms with Crippen molar-refractivity contribution < 1.29 is 48.9 Å². The summed E-state index contributed by atoms with van der Waals surface area (Å²) in [5.74, 6) is 0.427. The summed E-state index contributed by atoms with van der Waals surface area (Å²) in [6.45, 7) is -0.617. The van der Waals surface area contributed by atoms with Crippen molar-refractivity contribution >= 4 is 35.3 Å². The lowest BCUT2D eigenvalue weighted by Gasteiger charge is -2.46. The van der Waals surface area contributed by atoms with Crippen molar-refractivity contribution in [1.29, 1.82) is 0 Å². The Hall–Kier alpha value is -7.34. The number of phenols is 1. The van der Waals surface area contributed by atoms with Crippen LogP contribution in [0.15, 0.2) is 127 Å². The number of morpholine rings is 1. The number of carboxylic acid groups (broad SMARTS) is 1. The first-order valence-electron chi connectivity index (χ1n) is 18.6. The molecule has 5 aromatic carbocycles. The van der Waals surface area contributed by atoms with Crippen molar-refractivity contribution in [1.82, 2.24) is 4.90 Å². The monoisotopic (exact) mass is 793 g/mol. The van der Waals surface area contributed by atoms with Crippen LogP contribution >= 0.6 is 0 Å². The predicted octanol–water partition coefficient (Wildman–Crippen LogP) is 6.12. The number of rotatable bonds is 8. The number of aromatic hydroxyl groups is 1. The Balaban J connectivity index is 1.37. The number of esters is 1. The first-order chi connectivity index (χ1) is 28.6. The van der Waals surface area contributed by atoms with Gasteiger partial charge in [0.15, 0.2) is 0 Å². The minimum Gasteiger partial charge on any atom is -0.508 e. The number of ether oxygens (including phenoxy) is 2. The molecule has 8 rings (SSSR count). The van der Waals surface area contributed by atoms with E-state index in [-0.39, 0.29) is 35.7 Å². The van der Waals surface area contributed by atoms with E-state index >= 15 is 4.79 Å². The van der Waals surface area contributed by atoms with E-state index in [1.807, 2.05) is 24.3 Å². The summed E-state index contributed by atoms with van der Waals surface area (Å²) >= 11 is 0. The van der Waals surface area contributed by atoms with E-state index < -0.39 is 71.0 Å². The van der Waals surface area contributed by atoms with Gasteiger partial charge in [-0.15, -0.1) is 0 Å². The number of anilines is 1. The number of aliphatic carboxylic acids is 1. The first kappa shape index (κ1) is 38.5. The molecule has 296 valence electrons. The molecule has 3 N–H and O–H groups in total. The van der Waals surface area contributed by atoms with Gasteiger partial charge < -0.3 is 24.8 Å². The zero-order chi connectivity index (χ0) is 41.4. The number of nitrogens with zero attached hydrogens (tertiary/aromatic N) is 3. The Labute approximate surface area is 337 Å². The fourth-order valence-corrected chi connectivity index (χ4v) is 8.75. The highest BCUT2D eigenvalue weighted by atomic mass is 16.6. The highest BCUT2D eigenvalue weighted by Crippen LogP contribution is 2.66. The van der Waals surface area contributed by atoms with Crippen LogP contribution in [0, 0.1) is 27.9 Å². The summed E-state index contributed by atoms with van der Waals surface area (Å²) in [5.41, 5.74) is 0.00809. The number of non-ortho nitro benzene ring substituents is 1. The minimum atomic E-state index is -2.23. The van der Waals surface area contributed by atoms with Crippen molar-refractivity contribution in [3.63, 3.8) is 0 Å². The average Bonchev–Trinajstić information content (AvgIpc) is 3.70. The van der Waals surface area contributed by atoms with Crippen molar-refractivity contribution in [2.75, 3.05) is 11.5 Å². The van der Waals surface area contributed by atoms with Gasteiger partial charge in [0.05, 0.1) is 29.3 Å². The number of hydrogen-bond donors (Lipinski definition) is 3. The quantitative estimate of drug-likeness (QED) is 0.0706. The molecule has 1 spiro atoms. The summed E-state index contributed by atoms with van der Waals surface area (Å²) in [6, 6.07) is 30.0. The summed E-state index contributed by atoms with van der Waals surface area (Å²) in [5, 5.41) is 42.5. The fourth-order valence-electron chi connectivity index (χ4n) is 8.75. The first-order valence-corrected chi connectivity index (χ1v) is 18.6. The number of nitro groups is 1. The van der Waals surface area contributed by atoms with Crippen LogP contribution in [0.1, 0.15) is 58.0 Å². The summed E-state index contributed by atoms with van der Waals surface area (Å²) in [6.07, 6.45) is -2.02. The third-order valence-corrected chi connectivity index (χ3v) is 11.1. The van der Waals surface area contributed by atoms with E-state index in [4.69, 9.17) is 9.47 Å². The van der Waals surface area contributed by atoms with Gasteiger partial charge in [0.1, 0.15) is 35.8 Å². The molecule has 3 aliphatic heterocycles. The van der Waals surface area contributed by atoms with Gasteiger partial charge in [0.25, 0.3) is 5.69 Å². The molecule has 59 heavy (non-hydrogen) atoms. The number of cyclic esters (lactones) is 1. The van der Waals surface area contributed by atoms with E-state index in [0.717, 1.165) is 4.90 Å². The van der Waals surface area contributed by atoms with Crippen molar-refractivity contribution in [3.8, 4) is 17.6 Å². The van der Waals surface area contributed by atoms with Crippen LogP contribution in [-0.4, -0.2) is 61.7 Å². The van der Waals surface area contributed by atoms with Gasteiger partial charge >= 0.3 is 18.0 Å². The lowest BCUT2D eigenvalue weighted by atomic mass is 9.65. The second-order valence-electron chi connectivity index (χ2n) is 14.3. The molecule has 0 radical (unpaired) electrons. The molecule has 2 fully saturated rings. The number of carboxylic acids is 1. The van der Waals surface area contributed by atoms with Gasteiger partial charge in [-0.25, -0.2) is 9.69 Å². The molecule has 0 unspecified atom stereocenters. The molecule has 2 amide bonds. The van der Waals surface area contributed by atoms with Gasteiger partial charge in [-0.05, 0) is 70.3 Å². The number of phenolic OH excluding ortho intramolecular Hbond substituents is 1. The summed E-state index contributed by atoms with van der Waals surface area (Å²) in [4.78, 5) is 71.8. The molecule has 5 aromatic rings. The van der Waals surface area contributed by atoms with Gasteiger partial charge in [-0.2, -0.15) is 0 Å². The van der Waals surface area contributed by atoms with E-state index in [1.165, 1.54) is 48.5 Å². The smallest absolute Gasteiger partial charge is 0.421 e. The van der Waals surface area contributed by atoms with Crippen LogP contribution in [0.4, 0.5) is 16.2 Å². The zero-order valence-electron chi connectivity index (χ0n) is 31.1. The maximum absolute atomic E-state index is 15.7. The average molecular weight is 794 g/mol. The molecule has 0 saturated carbocycles. The van der Waals surface area contributed by atoms with Crippen LogP contribution in [0.2, 0.25) is 0 Å². The fraction of sp³-hybridized carbons (Fsp3) is 0.200. The molecular weight excluding hydrogens is 759 g/mol. The number of aliphatic hydroxyl groups is 1. The Bertz CT molecular complexity index is 2520. The number of imide groups is 1. The number of nitro benzene ring substituents is 1. The standard InChI is InChI=1S/C45H35N3O11/c49-24-8-7-9-27-16-23-35-34(25-27)45(43(54)46(35)44(55)58-26-28-14-19-32(20-15-28)48(56)57)36(41(51)52)38-42(53)59-39(30-12-5-2-6-13-30)37(29-10-3-1-4-11-29)47(38)40(45)31-17-21-33(50)22-18-31/h1-6,10-23,25,36-40,49-50H,8,24,26H2,(H,51,52)/t36-,37-,38-,39+,40+,45-/m0/s1. The number of amides is 2. The molecule has 0 aromatic heterocycles. The Morgan fingerprint density at radius 3 is 2.14 bits per heavy atom. The topological polar surface area (TPSA) is 197 Å². The van der Waals surface area contributed by atoms with Crippen LogP contribution in [0.3, 0.4) is 0 Å². The lowest BCUT2D eigenvalue weighted by Crippen LogP contribution is -2.53. The number of aliphatic hydroxyl groups excluding tert-OH is 1. The molecule has 2 saturated heterocycles. The lowest BCUT2D eigenvalue weighted by molar-refractivity contribution is -0.384. The molecular formula is C45H35N3O11. The van der Waals surface area contributed by atoms with E-state index in [1.54, 1.807) is 59.5 Å². The molecule has 3 heterocycles. The number of carbonyl (C=O) groups excluding carboxylic acids is 3. The highest BCUT2D eigenvalue weighted by molar-refractivity contribution is 6.23. The van der Waals surface area contributed by atoms with Gasteiger partial charge in [0, 0.05) is 24.1 Å². The van der Waals surface area contributed by atoms with E-state index in [0.29, 0.717) is 27.8 Å². The van der Waals surface area contributed by atoms with E-state index in [9.17, 15) is 39.8 Å². The van der Waals surface area contributed by atoms with E-state index in [2.05, 4.69) is 11.8 Å². The number of benzene rings is 5. The largest absolute Gasteiger partial charge is 0.508 e. The van der Waals surface area contributed by atoms with Gasteiger partial charge in [-0.1, -0.05) is 84.6 Å².